The van der Waals surface area contributed by atoms with Crippen LogP contribution in [0.4, 0.5) is 5.69 Å². The van der Waals surface area contributed by atoms with Gasteiger partial charge in [-0.05, 0) is 60.5 Å². The van der Waals surface area contributed by atoms with Gasteiger partial charge in [0.2, 0.25) is 15.9 Å². The molecule has 36 heavy (non-hydrogen) atoms. The van der Waals surface area contributed by atoms with Crippen molar-refractivity contribution < 1.29 is 17.9 Å². The molecule has 0 aliphatic rings. The van der Waals surface area contributed by atoms with Gasteiger partial charge in [-0.3, -0.25) is 4.79 Å². The number of nitrogens with one attached hydrogen (secondary N) is 2. The van der Waals surface area contributed by atoms with Gasteiger partial charge in [0.25, 0.3) is 0 Å². The summed E-state index contributed by atoms with van der Waals surface area (Å²) in [5.74, 6) is 0.0945. The highest BCUT2D eigenvalue weighted by Crippen LogP contribution is 2.33. The molecule has 0 aliphatic carbocycles. The average Bonchev–Trinajstić information content (AvgIpc) is 2.90. The lowest BCUT2D eigenvalue weighted by Gasteiger charge is -2.20. The lowest BCUT2D eigenvalue weighted by molar-refractivity contribution is -0.117. The van der Waals surface area contributed by atoms with Crippen LogP contribution < -0.4 is 14.8 Å². The molecular weight excluding hydrogens is 492 g/mol. The highest BCUT2D eigenvalue weighted by molar-refractivity contribution is 7.99. The van der Waals surface area contributed by atoms with Crippen molar-refractivity contribution in [3.05, 3.63) is 115 Å². The summed E-state index contributed by atoms with van der Waals surface area (Å²) in [6, 6.07) is 31.6. The van der Waals surface area contributed by atoms with Gasteiger partial charge in [0, 0.05) is 9.79 Å². The highest BCUT2D eigenvalue weighted by Gasteiger charge is 2.27. The number of anilines is 1. The SMILES string of the molecule is COc1ccc(S(=O)(=O)NC(Cc2ccccc2)C(=O)Nc2ccccc2Sc2ccccc2)cc1. The van der Waals surface area contributed by atoms with Gasteiger partial charge in [0.1, 0.15) is 11.8 Å². The van der Waals surface area contributed by atoms with Crippen molar-refractivity contribution in [2.45, 2.75) is 27.1 Å². The Morgan fingerprint density at radius 2 is 1.44 bits per heavy atom. The second-order valence-electron chi connectivity index (χ2n) is 7.94. The molecule has 0 saturated heterocycles. The van der Waals surface area contributed by atoms with Crippen LogP contribution in [-0.4, -0.2) is 27.5 Å². The van der Waals surface area contributed by atoms with E-state index in [0.29, 0.717) is 11.4 Å². The van der Waals surface area contributed by atoms with E-state index < -0.39 is 22.0 Å². The molecule has 1 unspecified atom stereocenters. The summed E-state index contributed by atoms with van der Waals surface area (Å²) in [6.45, 7) is 0. The molecule has 4 aromatic carbocycles. The number of rotatable bonds is 10. The number of para-hydroxylation sites is 1. The van der Waals surface area contributed by atoms with Crippen LogP contribution >= 0.6 is 11.8 Å². The molecule has 6 nitrogen and oxygen atoms in total. The summed E-state index contributed by atoms with van der Waals surface area (Å²) in [5.41, 5.74) is 1.44. The summed E-state index contributed by atoms with van der Waals surface area (Å²) in [4.78, 5) is 15.4. The van der Waals surface area contributed by atoms with Crippen molar-refractivity contribution in [1.29, 1.82) is 0 Å². The third-order valence-electron chi connectivity index (χ3n) is 5.38. The monoisotopic (exact) mass is 518 g/mol. The lowest BCUT2D eigenvalue weighted by Crippen LogP contribution is -2.45. The Labute approximate surface area is 215 Å². The number of carbonyl (C=O) groups excluding carboxylic acids is 1. The summed E-state index contributed by atoms with van der Waals surface area (Å²) in [6.07, 6.45) is 0.191. The number of sulfonamides is 1. The second kappa shape index (κ2) is 11.9. The Morgan fingerprint density at radius 3 is 2.11 bits per heavy atom. The molecule has 2 N–H and O–H groups in total. The van der Waals surface area contributed by atoms with Crippen LogP contribution in [0.1, 0.15) is 5.56 Å². The van der Waals surface area contributed by atoms with Gasteiger partial charge >= 0.3 is 0 Å². The zero-order chi connectivity index (χ0) is 25.4. The van der Waals surface area contributed by atoms with Crippen molar-refractivity contribution in [3.63, 3.8) is 0 Å². The fourth-order valence-corrected chi connectivity index (χ4v) is 5.66. The second-order valence-corrected chi connectivity index (χ2v) is 10.8. The number of methoxy groups -OCH3 is 1. The lowest BCUT2D eigenvalue weighted by atomic mass is 10.1. The Kier molecular flexibility index (Phi) is 8.43. The fraction of sp³-hybridized carbons (Fsp3) is 0.107. The molecule has 0 aliphatic heterocycles. The first-order valence-corrected chi connectivity index (χ1v) is 13.6. The van der Waals surface area contributed by atoms with Gasteiger partial charge in [0.05, 0.1) is 17.7 Å². The van der Waals surface area contributed by atoms with E-state index in [9.17, 15) is 13.2 Å². The van der Waals surface area contributed by atoms with Crippen LogP contribution in [0.25, 0.3) is 0 Å². The topological polar surface area (TPSA) is 84.5 Å². The fourth-order valence-electron chi connectivity index (χ4n) is 3.54. The first-order valence-electron chi connectivity index (χ1n) is 11.3. The standard InChI is InChI=1S/C28H26N2O4S2/c1-34-22-16-18-24(19-17-22)36(32,33)30-26(20-21-10-4-2-5-11-21)28(31)29-25-14-8-9-15-27(25)35-23-12-6-3-7-13-23/h2-19,26,30H,20H2,1H3,(H,29,31). The summed E-state index contributed by atoms with van der Waals surface area (Å²) in [7, 11) is -2.46. The first-order chi connectivity index (χ1) is 17.4. The number of hydrogen-bond acceptors (Lipinski definition) is 5. The first kappa shape index (κ1) is 25.5. The molecule has 1 amide bonds. The van der Waals surface area contributed by atoms with E-state index in [0.717, 1.165) is 15.4 Å². The van der Waals surface area contributed by atoms with Crippen molar-refractivity contribution >= 4 is 33.4 Å². The third-order valence-corrected chi connectivity index (χ3v) is 7.95. The molecule has 0 aromatic heterocycles. The van der Waals surface area contributed by atoms with E-state index in [2.05, 4.69) is 10.0 Å². The highest BCUT2D eigenvalue weighted by atomic mass is 32.2. The van der Waals surface area contributed by atoms with Gasteiger partial charge in [-0.25, -0.2) is 8.42 Å². The van der Waals surface area contributed by atoms with Gasteiger partial charge in [-0.15, -0.1) is 0 Å². The Bertz CT molecular complexity index is 1390. The summed E-state index contributed by atoms with van der Waals surface area (Å²) in [5, 5.41) is 2.94. The van der Waals surface area contributed by atoms with E-state index in [4.69, 9.17) is 4.74 Å². The molecule has 0 heterocycles. The maximum absolute atomic E-state index is 13.5. The van der Waals surface area contributed by atoms with Crippen LogP contribution in [0.5, 0.6) is 5.75 Å². The number of carbonyl (C=O) groups is 1. The van der Waals surface area contributed by atoms with Gasteiger partial charge in [0.15, 0.2) is 0 Å². The van der Waals surface area contributed by atoms with Crippen molar-refractivity contribution in [2.75, 3.05) is 12.4 Å². The van der Waals surface area contributed by atoms with E-state index in [1.54, 1.807) is 18.2 Å². The van der Waals surface area contributed by atoms with Gasteiger partial charge in [-0.1, -0.05) is 72.4 Å². The van der Waals surface area contributed by atoms with Crippen molar-refractivity contribution in [1.82, 2.24) is 4.72 Å². The number of amides is 1. The Morgan fingerprint density at radius 1 is 0.833 bits per heavy atom. The zero-order valence-corrected chi connectivity index (χ0v) is 21.3. The average molecular weight is 519 g/mol. The van der Waals surface area contributed by atoms with Crippen LogP contribution in [0.3, 0.4) is 0 Å². The summed E-state index contributed by atoms with van der Waals surface area (Å²) < 4.78 is 34.0. The molecule has 8 heteroatoms. The minimum absolute atomic E-state index is 0.0502. The maximum atomic E-state index is 13.5. The van der Waals surface area contributed by atoms with E-state index in [-0.39, 0.29) is 11.3 Å². The molecule has 0 fully saturated rings. The Hall–Kier alpha value is -3.59. The largest absolute Gasteiger partial charge is 0.497 e. The third kappa shape index (κ3) is 6.75. The Balaban J connectivity index is 1.58. The molecule has 0 spiro atoms. The number of benzene rings is 4. The minimum Gasteiger partial charge on any atom is -0.497 e. The van der Waals surface area contributed by atoms with E-state index in [1.165, 1.54) is 31.0 Å². The molecular formula is C28H26N2O4S2. The van der Waals surface area contributed by atoms with Gasteiger partial charge < -0.3 is 10.1 Å². The van der Waals surface area contributed by atoms with Gasteiger partial charge in [-0.2, -0.15) is 4.72 Å². The quantitative estimate of drug-likeness (QED) is 0.295. The molecule has 4 rings (SSSR count). The van der Waals surface area contributed by atoms with E-state index >= 15 is 0 Å². The molecule has 0 bridgehead atoms. The predicted molar refractivity (Wildman–Crippen MR) is 143 cm³/mol. The van der Waals surface area contributed by atoms with Crippen molar-refractivity contribution in [2.24, 2.45) is 0 Å². The van der Waals surface area contributed by atoms with Crippen LogP contribution in [0.2, 0.25) is 0 Å². The van der Waals surface area contributed by atoms with Crippen LogP contribution in [-0.2, 0) is 21.2 Å². The smallest absolute Gasteiger partial charge is 0.242 e. The zero-order valence-electron chi connectivity index (χ0n) is 19.6. The number of hydrogen-bond donors (Lipinski definition) is 2. The molecule has 184 valence electrons. The molecule has 1 atom stereocenters. The predicted octanol–water partition coefficient (Wildman–Crippen LogP) is 5.37. The molecule has 4 aromatic rings. The number of ether oxygens (including phenoxy) is 1. The van der Waals surface area contributed by atoms with Crippen molar-refractivity contribution in [3.8, 4) is 5.75 Å². The normalized spacial score (nSPS) is 12.0. The van der Waals surface area contributed by atoms with Crippen LogP contribution in [0, 0.1) is 0 Å². The maximum Gasteiger partial charge on any atom is 0.242 e. The van der Waals surface area contributed by atoms with E-state index in [1.807, 2.05) is 78.9 Å². The van der Waals surface area contributed by atoms with Crippen LogP contribution in [0.15, 0.2) is 124 Å². The molecule has 0 saturated carbocycles. The molecule has 0 radical (unpaired) electrons. The minimum atomic E-state index is -3.97. The summed E-state index contributed by atoms with van der Waals surface area (Å²) >= 11 is 1.52.